The maximum absolute atomic E-state index is 0. The van der Waals surface area contributed by atoms with Crippen LogP contribution in [-0.2, 0) is 41.5 Å². The van der Waals surface area contributed by atoms with Gasteiger partial charge in [0.25, 0.3) is 0 Å². The monoisotopic (exact) mass is 349 g/mol. The third kappa shape index (κ3) is 9.14. The third-order valence-corrected chi connectivity index (χ3v) is 0. The van der Waals surface area contributed by atoms with Crippen molar-refractivity contribution in [1.82, 2.24) is 0 Å². The Morgan fingerprint density at radius 2 is 1.00 bits per heavy atom. The van der Waals surface area contributed by atoms with Crippen molar-refractivity contribution in [3.05, 3.63) is 0 Å². The molecule has 0 aromatic heterocycles. The predicted molar refractivity (Wildman–Crippen MR) is 21.0 cm³/mol. The Bertz CT molecular complexity index is 8.00. The van der Waals surface area contributed by atoms with Crippen molar-refractivity contribution in [2.45, 2.75) is 0 Å². The Hall–Kier alpha value is 1.85. The van der Waals surface area contributed by atoms with E-state index in [1.807, 2.05) is 0 Å². The first kappa shape index (κ1) is 40.3. The second-order valence-electron chi connectivity index (χ2n) is 0. The van der Waals surface area contributed by atoms with E-state index in [1.165, 1.54) is 0 Å². The minimum atomic E-state index is 0. The molecule has 0 bridgehead atoms. The van der Waals surface area contributed by atoms with Crippen LogP contribution in [0.4, 0.5) is 0 Å². The van der Waals surface area contributed by atoms with E-state index in [1.54, 1.807) is 0 Å². The van der Waals surface area contributed by atoms with Gasteiger partial charge in [0.1, 0.15) is 0 Å². The summed E-state index contributed by atoms with van der Waals surface area (Å²) in [5, 5.41) is 0. The average Bonchev–Trinajstić information content (AvgIpc) is 0. The van der Waals surface area contributed by atoms with Crippen molar-refractivity contribution in [3.8, 4) is 0 Å². The molecule has 0 radical (unpaired) electrons. The molecule has 4 heavy (non-hydrogen) atoms. The van der Waals surface area contributed by atoms with Gasteiger partial charge in [-0.05, 0) is 0 Å². The molecule has 0 spiro atoms. The Morgan fingerprint density at radius 1 is 1.00 bits per heavy atom. The molecule has 1 atom stereocenters. The second kappa shape index (κ2) is 21.0. The van der Waals surface area contributed by atoms with E-state index < -0.39 is 0 Å². The van der Waals surface area contributed by atoms with Gasteiger partial charge in [-0.2, -0.15) is 9.90 Å². The number of hydrogen-bond acceptors (Lipinski definition) is 0. The minimum absolute atomic E-state index is 0. The molecular formula is H6BPPdPt. The molecular weight excluding hydrogens is 343 g/mol. The fourth-order valence-electron chi connectivity index (χ4n) is 0. The summed E-state index contributed by atoms with van der Waals surface area (Å²) < 4.78 is 0. The van der Waals surface area contributed by atoms with Gasteiger partial charge in [0.2, 0.25) is 0 Å². The minimum Gasteiger partial charge on any atom is -0.153 e. The molecule has 4 heteroatoms. The second-order valence-corrected chi connectivity index (χ2v) is 0. The first-order valence-corrected chi connectivity index (χ1v) is 0. The van der Waals surface area contributed by atoms with Gasteiger partial charge >= 0.3 is 0 Å². The Morgan fingerprint density at radius 3 is 1.00 bits per heavy atom. The molecule has 0 amide bonds. The van der Waals surface area contributed by atoms with Gasteiger partial charge < -0.3 is 0 Å². The zero-order valence-electron chi connectivity index (χ0n) is 1.34. The molecule has 1 unspecified atom stereocenters. The summed E-state index contributed by atoms with van der Waals surface area (Å²) in [6.07, 6.45) is 0. The van der Waals surface area contributed by atoms with Crippen LogP contribution >= 0.6 is 9.90 Å². The molecule has 0 aliphatic rings. The molecule has 0 N–H and O–H groups in total. The van der Waals surface area contributed by atoms with E-state index in [4.69, 9.17) is 0 Å². The zero-order chi connectivity index (χ0) is 0. The molecule has 0 rings (SSSR count). The van der Waals surface area contributed by atoms with Gasteiger partial charge in [0.05, 0.1) is 8.41 Å². The standard InChI is InChI=1S/BH3.H3P.Pd.Pt/h2*1H3;;. The average molecular weight is 349 g/mol. The number of rotatable bonds is 0. The van der Waals surface area contributed by atoms with E-state index in [0.29, 0.717) is 0 Å². The van der Waals surface area contributed by atoms with E-state index in [0.717, 1.165) is 0 Å². The first-order valence-electron chi connectivity index (χ1n) is 0. The smallest absolute Gasteiger partial charge is 0.0814 e. The van der Waals surface area contributed by atoms with Crippen LogP contribution < -0.4 is 0 Å². The Kier molecular flexibility index (Phi) is 212. The summed E-state index contributed by atoms with van der Waals surface area (Å²) >= 11 is 0. The van der Waals surface area contributed by atoms with Crippen LogP contribution in [0, 0.1) is 0 Å². The van der Waals surface area contributed by atoms with Crippen molar-refractivity contribution >= 4 is 18.3 Å². The van der Waals surface area contributed by atoms with Crippen molar-refractivity contribution in [1.29, 1.82) is 0 Å². The summed E-state index contributed by atoms with van der Waals surface area (Å²) in [6, 6.07) is 0. The molecule has 0 fully saturated rings. The van der Waals surface area contributed by atoms with E-state index in [9.17, 15) is 0 Å². The molecule has 0 aromatic carbocycles. The Labute approximate surface area is 59.6 Å². The summed E-state index contributed by atoms with van der Waals surface area (Å²) in [5.74, 6) is 0. The van der Waals surface area contributed by atoms with Gasteiger partial charge in [0.15, 0.2) is 0 Å². The van der Waals surface area contributed by atoms with Gasteiger partial charge in [0, 0.05) is 41.5 Å². The van der Waals surface area contributed by atoms with Crippen LogP contribution in [0.2, 0.25) is 0 Å². The van der Waals surface area contributed by atoms with Crippen LogP contribution in [0.25, 0.3) is 0 Å². The maximum atomic E-state index is 0. The molecule has 0 aliphatic heterocycles. The topological polar surface area (TPSA) is 0 Å². The molecule has 0 aliphatic carbocycles. The summed E-state index contributed by atoms with van der Waals surface area (Å²) in [5.41, 5.74) is 0. The van der Waals surface area contributed by atoms with Crippen LogP contribution in [0.15, 0.2) is 0 Å². The van der Waals surface area contributed by atoms with Crippen molar-refractivity contribution < 1.29 is 41.5 Å². The first-order chi connectivity index (χ1) is 0. The van der Waals surface area contributed by atoms with Gasteiger partial charge in [-0.15, -0.1) is 0 Å². The summed E-state index contributed by atoms with van der Waals surface area (Å²) in [7, 11) is 0. The van der Waals surface area contributed by atoms with Crippen LogP contribution in [0.3, 0.4) is 0 Å². The van der Waals surface area contributed by atoms with Crippen molar-refractivity contribution in [2.75, 3.05) is 0 Å². The molecule has 0 heterocycles. The van der Waals surface area contributed by atoms with Crippen LogP contribution in [0.5, 0.6) is 0 Å². The molecule has 0 nitrogen and oxygen atoms in total. The van der Waals surface area contributed by atoms with Gasteiger partial charge in [-0.1, -0.05) is 0 Å². The quantitative estimate of drug-likeness (QED) is 0.384. The molecule has 0 aromatic rings. The van der Waals surface area contributed by atoms with Crippen molar-refractivity contribution in [2.24, 2.45) is 0 Å². The normalized spacial score (nSPS) is 0. The Balaban J connectivity index is 0. The summed E-state index contributed by atoms with van der Waals surface area (Å²) in [4.78, 5) is 0. The van der Waals surface area contributed by atoms with Gasteiger partial charge in [-0.3, -0.25) is 0 Å². The third-order valence-electron chi connectivity index (χ3n) is 0. The van der Waals surface area contributed by atoms with E-state index >= 15 is 0 Å². The number of hydrogen-bond donors (Lipinski definition) is 0. The fraction of sp³-hybridized carbons (Fsp3) is 0. The molecule has 0 saturated carbocycles. The van der Waals surface area contributed by atoms with E-state index in [2.05, 4.69) is 0 Å². The van der Waals surface area contributed by atoms with E-state index in [-0.39, 0.29) is 59.8 Å². The zero-order valence-corrected chi connectivity index (χ0v) is 6.58. The fourth-order valence-corrected chi connectivity index (χ4v) is 0. The van der Waals surface area contributed by atoms with Crippen molar-refractivity contribution in [3.63, 3.8) is 0 Å². The SMILES string of the molecule is B.P.[Pd].[Pt]. The largest absolute Gasteiger partial charge is 0.153 e. The molecule has 0 saturated heterocycles. The van der Waals surface area contributed by atoms with Crippen LogP contribution in [0.1, 0.15) is 0 Å². The summed E-state index contributed by atoms with van der Waals surface area (Å²) in [6.45, 7) is 0. The predicted octanol–water partition coefficient (Wildman–Crippen LogP) is -1.13. The van der Waals surface area contributed by atoms with Gasteiger partial charge in [-0.25, -0.2) is 0 Å². The molecule has 34 valence electrons. The van der Waals surface area contributed by atoms with Crippen LogP contribution in [-0.4, -0.2) is 8.41 Å². The maximum Gasteiger partial charge on any atom is 0.0814 e.